The lowest BCUT2D eigenvalue weighted by molar-refractivity contribution is 0.625. The molecule has 1 fully saturated rings. The standard InChI is InChI=1S/C13H15Cl2N3/c1-2-8-5-11(8)18-12(3-4-14)17-10-6-9(15)7-16-13(10)18/h6-8,11H,2-5H2,1H3. The van der Waals surface area contributed by atoms with E-state index in [1.54, 1.807) is 6.20 Å². The summed E-state index contributed by atoms with van der Waals surface area (Å²) in [6, 6.07) is 2.42. The molecule has 0 saturated heterocycles. The SMILES string of the molecule is CCC1CC1n1c(CCCl)nc2cc(Cl)cnc21. The Bertz CT molecular complexity index is 579. The minimum absolute atomic E-state index is 0.548. The molecule has 0 N–H and O–H groups in total. The Morgan fingerprint density at radius 2 is 2.33 bits per heavy atom. The summed E-state index contributed by atoms with van der Waals surface area (Å²) in [5.74, 6) is 2.38. The Balaban J connectivity index is 2.10. The van der Waals surface area contributed by atoms with Gasteiger partial charge in [-0.3, -0.25) is 0 Å². The van der Waals surface area contributed by atoms with Gasteiger partial charge in [-0.1, -0.05) is 24.9 Å². The van der Waals surface area contributed by atoms with Crippen LogP contribution in [0.4, 0.5) is 0 Å². The van der Waals surface area contributed by atoms with E-state index in [0.29, 0.717) is 16.9 Å². The van der Waals surface area contributed by atoms with Crippen LogP contribution in [0.15, 0.2) is 12.3 Å². The largest absolute Gasteiger partial charge is 0.309 e. The zero-order valence-corrected chi connectivity index (χ0v) is 11.7. The number of aromatic nitrogens is 3. The molecule has 3 rings (SSSR count). The Kier molecular flexibility index (Phi) is 3.20. The normalized spacial score (nSPS) is 22.6. The van der Waals surface area contributed by atoms with Gasteiger partial charge in [0.2, 0.25) is 0 Å². The van der Waals surface area contributed by atoms with Crippen molar-refractivity contribution in [2.75, 3.05) is 5.88 Å². The van der Waals surface area contributed by atoms with Crippen LogP contribution in [0.2, 0.25) is 5.02 Å². The second-order valence-corrected chi connectivity index (χ2v) is 5.62. The van der Waals surface area contributed by atoms with Crippen molar-refractivity contribution in [2.24, 2.45) is 5.92 Å². The molecule has 0 aliphatic heterocycles. The van der Waals surface area contributed by atoms with Crippen molar-refractivity contribution >= 4 is 34.4 Å². The molecule has 5 heteroatoms. The molecule has 1 aliphatic carbocycles. The van der Waals surface area contributed by atoms with Crippen molar-refractivity contribution in [3.8, 4) is 0 Å². The van der Waals surface area contributed by atoms with Crippen molar-refractivity contribution in [3.63, 3.8) is 0 Å². The number of aryl methyl sites for hydroxylation is 1. The fourth-order valence-corrected chi connectivity index (χ4v) is 2.92. The molecule has 1 saturated carbocycles. The van der Waals surface area contributed by atoms with Gasteiger partial charge in [0.1, 0.15) is 11.3 Å². The van der Waals surface area contributed by atoms with Crippen molar-refractivity contribution in [3.05, 3.63) is 23.1 Å². The lowest BCUT2D eigenvalue weighted by Crippen LogP contribution is -2.04. The van der Waals surface area contributed by atoms with Gasteiger partial charge in [0.15, 0.2) is 5.65 Å². The number of hydrogen-bond acceptors (Lipinski definition) is 2. The van der Waals surface area contributed by atoms with Gasteiger partial charge in [0.05, 0.1) is 5.02 Å². The average molecular weight is 284 g/mol. The molecule has 0 radical (unpaired) electrons. The van der Waals surface area contributed by atoms with Crippen molar-refractivity contribution < 1.29 is 0 Å². The number of halogens is 2. The second kappa shape index (κ2) is 4.71. The van der Waals surface area contributed by atoms with E-state index in [1.807, 2.05) is 6.07 Å². The molecule has 0 bridgehead atoms. The highest BCUT2D eigenvalue weighted by molar-refractivity contribution is 6.31. The Morgan fingerprint density at radius 1 is 1.50 bits per heavy atom. The van der Waals surface area contributed by atoms with E-state index in [2.05, 4.69) is 21.5 Å². The van der Waals surface area contributed by atoms with E-state index in [9.17, 15) is 0 Å². The van der Waals surface area contributed by atoms with Crippen molar-refractivity contribution in [1.29, 1.82) is 0 Å². The molecular formula is C13H15Cl2N3. The van der Waals surface area contributed by atoms with Crippen LogP contribution in [0.25, 0.3) is 11.2 Å². The highest BCUT2D eigenvalue weighted by Crippen LogP contribution is 2.47. The lowest BCUT2D eigenvalue weighted by atomic mass is 10.3. The average Bonchev–Trinajstić information content (AvgIpc) is 3.04. The number of fused-ring (bicyclic) bond motifs is 1. The van der Waals surface area contributed by atoms with Crippen LogP contribution in [0.5, 0.6) is 0 Å². The third-order valence-electron chi connectivity index (χ3n) is 3.63. The molecule has 96 valence electrons. The first kappa shape index (κ1) is 12.2. The number of pyridine rings is 1. The molecule has 2 heterocycles. The predicted octanol–water partition coefficient (Wildman–Crippen LogP) is 3.84. The minimum atomic E-state index is 0.548. The number of imidazole rings is 1. The van der Waals surface area contributed by atoms with Gasteiger partial charge >= 0.3 is 0 Å². The molecule has 1 aliphatic rings. The molecule has 2 aromatic rings. The van der Waals surface area contributed by atoms with E-state index in [4.69, 9.17) is 23.2 Å². The predicted molar refractivity (Wildman–Crippen MR) is 74.4 cm³/mol. The van der Waals surface area contributed by atoms with Crippen LogP contribution in [0.3, 0.4) is 0 Å². The van der Waals surface area contributed by atoms with Gasteiger partial charge in [-0.05, 0) is 18.4 Å². The second-order valence-electron chi connectivity index (χ2n) is 4.80. The fourth-order valence-electron chi connectivity index (χ4n) is 2.60. The van der Waals surface area contributed by atoms with Crippen molar-refractivity contribution in [1.82, 2.24) is 14.5 Å². The number of alkyl halides is 1. The molecule has 0 amide bonds. The molecule has 18 heavy (non-hydrogen) atoms. The summed E-state index contributed by atoms with van der Waals surface area (Å²) >= 11 is 11.8. The highest BCUT2D eigenvalue weighted by atomic mass is 35.5. The van der Waals surface area contributed by atoms with Gasteiger partial charge < -0.3 is 4.57 Å². The highest BCUT2D eigenvalue weighted by Gasteiger charge is 2.39. The van der Waals surface area contributed by atoms with Crippen LogP contribution in [-0.2, 0) is 6.42 Å². The lowest BCUT2D eigenvalue weighted by Gasteiger charge is -2.06. The Hall–Kier alpha value is -0.800. The molecule has 3 nitrogen and oxygen atoms in total. The van der Waals surface area contributed by atoms with Crippen LogP contribution < -0.4 is 0 Å². The first-order valence-electron chi connectivity index (χ1n) is 6.33. The summed E-state index contributed by atoms with van der Waals surface area (Å²) in [6.45, 7) is 2.23. The number of nitrogens with zero attached hydrogens (tertiary/aromatic N) is 3. The summed E-state index contributed by atoms with van der Waals surface area (Å²) in [6.07, 6.45) is 4.90. The molecule has 0 aromatic carbocycles. The Labute approximate surface area is 116 Å². The smallest absolute Gasteiger partial charge is 0.160 e. The third kappa shape index (κ3) is 1.99. The summed E-state index contributed by atoms with van der Waals surface area (Å²) in [5.41, 5.74) is 1.82. The molecule has 0 spiro atoms. The number of rotatable bonds is 4. The van der Waals surface area contributed by atoms with Crippen molar-refractivity contribution in [2.45, 2.75) is 32.2 Å². The fraction of sp³-hybridized carbons (Fsp3) is 0.538. The minimum Gasteiger partial charge on any atom is -0.309 e. The summed E-state index contributed by atoms with van der Waals surface area (Å²) in [7, 11) is 0. The van der Waals surface area contributed by atoms with Gasteiger partial charge in [0.25, 0.3) is 0 Å². The van der Waals surface area contributed by atoms with Gasteiger partial charge in [-0.15, -0.1) is 11.6 Å². The summed E-state index contributed by atoms with van der Waals surface area (Å²) in [5, 5.41) is 0.632. The quantitative estimate of drug-likeness (QED) is 0.799. The molecule has 2 aromatic heterocycles. The zero-order chi connectivity index (χ0) is 12.7. The maximum atomic E-state index is 5.97. The number of hydrogen-bond donors (Lipinski definition) is 0. The van der Waals surface area contributed by atoms with Crippen LogP contribution in [0, 0.1) is 5.92 Å². The van der Waals surface area contributed by atoms with Crippen LogP contribution in [0.1, 0.15) is 31.6 Å². The van der Waals surface area contributed by atoms with E-state index in [-0.39, 0.29) is 0 Å². The van der Waals surface area contributed by atoms with E-state index >= 15 is 0 Å². The zero-order valence-electron chi connectivity index (χ0n) is 10.2. The molecule has 2 atom stereocenters. The molecular weight excluding hydrogens is 269 g/mol. The molecule has 2 unspecified atom stereocenters. The first-order chi connectivity index (χ1) is 8.74. The van der Waals surface area contributed by atoms with Crippen LogP contribution in [-0.4, -0.2) is 20.4 Å². The van der Waals surface area contributed by atoms with Gasteiger partial charge in [-0.25, -0.2) is 9.97 Å². The van der Waals surface area contributed by atoms with Crippen LogP contribution >= 0.6 is 23.2 Å². The summed E-state index contributed by atoms with van der Waals surface area (Å²) < 4.78 is 2.27. The Morgan fingerprint density at radius 3 is 3.00 bits per heavy atom. The summed E-state index contributed by atoms with van der Waals surface area (Å²) in [4.78, 5) is 9.06. The van der Waals surface area contributed by atoms with Gasteiger partial charge in [-0.2, -0.15) is 0 Å². The third-order valence-corrected chi connectivity index (χ3v) is 4.02. The monoisotopic (exact) mass is 283 g/mol. The maximum Gasteiger partial charge on any atom is 0.160 e. The topological polar surface area (TPSA) is 30.7 Å². The first-order valence-corrected chi connectivity index (χ1v) is 7.24. The van der Waals surface area contributed by atoms with Gasteiger partial charge in [0, 0.05) is 24.5 Å². The van der Waals surface area contributed by atoms with E-state index in [0.717, 1.165) is 29.3 Å². The maximum absolute atomic E-state index is 5.97. The van der Waals surface area contributed by atoms with E-state index in [1.165, 1.54) is 12.8 Å². The van der Waals surface area contributed by atoms with E-state index < -0.39 is 0 Å².